The van der Waals surface area contributed by atoms with Crippen LogP contribution in [0.25, 0.3) is 0 Å². The van der Waals surface area contributed by atoms with E-state index in [0.29, 0.717) is 0 Å². The van der Waals surface area contributed by atoms with Crippen molar-refractivity contribution in [3.8, 4) is 0 Å². The van der Waals surface area contributed by atoms with Gasteiger partial charge in [0.25, 0.3) is 0 Å². The van der Waals surface area contributed by atoms with Gasteiger partial charge < -0.3 is 10.5 Å². The molecule has 0 aromatic rings. The highest BCUT2D eigenvalue weighted by Crippen LogP contribution is 2.38. The van der Waals surface area contributed by atoms with Gasteiger partial charge in [0.1, 0.15) is 0 Å². The first-order valence-electron chi connectivity index (χ1n) is 7.13. The summed E-state index contributed by atoms with van der Waals surface area (Å²) in [5, 5.41) is 0. The molecule has 100 valence electrons. The van der Waals surface area contributed by atoms with Crippen LogP contribution in [-0.2, 0) is 4.74 Å². The van der Waals surface area contributed by atoms with Crippen molar-refractivity contribution < 1.29 is 4.74 Å². The minimum Gasteiger partial charge on any atom is -0.380 e. The zero-order chi connectivity index (χ0) is 12.3. The largest absolute Gasteiger partial charge is 0.380 e. The maximum Gasteiger partial charge on any atom is 0.0593 e. The van der Waals surface area contributed by atoms with Crippen LogP contribution in [0.3, 0.4) is 0 Å². The van der Waals surface area contributed by atoms with E-state index in [1.165, 1.54) is 32.1 Å². The summed E-state index contributed by atoms with van der Waals surface area (Å²) in [6.07, 6.45) is 6.81. The molecule has 3 heteroatoms. The Morgan fingerprint density at radius 1 is 1.24 bits per heavy atom. The Morgan fingerprint density at radius 2 is 1.88 bits per heavy atom. The molecule has 0 bridgehead atoms. The lowest BCUT2D eigenvalue weighted by molar-refractivity contribution is 0.0601. The van der Waals surface area contributed by atoms with Crippen LogP contribution in [0.1, 0.15) is 39.0 Å². The second-order valence-corrected chi connectivity index (χ2v) is 6.29. The number of likely N-dealkylation sites (N-methyl/N-ethyl adjacent to an activating group) is 1. The highest BCUT2D eigenvalue weighted by molar-refractivity contribution is 4.91. The molecular weight excluding hydrogens is 212 g/mol. The van der Waals surface area contributed by atoms with Gasteiger partial charge in [-0.3, -0.25) is 4.90 Å². The van der Waals surface area contributed by atoms with Crippen molar-refractivity contribution in [1.29, 1.82) is 0 Å². The molecule has 2 saturated carbocycles. The lowest BCUT2D eigenvalue weighted by Gasteiger charge is -2.38. The molecular formula is C14H28N2O. The molecule has 0 radical (unpaired) electrons. The molecule has 0 spiro atoms. The number of rotatable bonds is 9. The predicted octanol–water partition coefficient (Wildman–Crippen LogP) is 1.86. The Hall–Kier alpha value is -0.120. The monoisotopic (exact) mass is 240 g/mol. The van der Waals surface area contributed by atoms with Crippen LogP contribution in [0, 0.1) is 11.8 Å². The van der Waals surface area contributed by atoms with Gasteiger partial charge in [-0.2, -0.15) is 0 Å². The summed E-state index contributed by atoms with van der Waals surface area (Å²) < 4.78 is 5.71. The van der Waals surface area contributed by atoms with Crippen LogP contribution >= 0.6 is 0 Å². The lowest BCUT2D eigenvalue weighted by Crippen LogP contribution is -2.51. The number of hydrogen-bond donors (Lipinski definition) is 1. The molecule has 3 nitrogen and oxygen atoms in total. The number of nitrogens with two attached hydrogens (primary N) is 1. The Bertz CT molecular complexity index is 238. The smallest absolute Gasteiger partial charge is 0.0593 e. The third-order valence-electron chi connectivity index (χ3n) is 4.41. The Labute approximate surface area is 106 Å². The number of nitrogens with zero attached hydrogens (tertiary/aromatic N) is 1. The van der Waals surface area contributed by atoms with Crippen molar-refractivity contribution in [2.45, 2.75) is 44.6 Å². The highest BCUT2D eigenvalue weighted by atomic mass is 16.5. The molecule has 0 saturated heterocycles. The maximum absolute atomic E-state index is 5.96. The molecule has 2 fully saturated rings. The standard InChI is InChI=1S/C14H28N2O/c1-14(11-15,9-12-3-4-12)16(2)7-8-17-10-13-5-6-13/h12-13H,3-11,15H2,1-2H3. The molecule has 2 rings (SSSR count). The fraction of sp³-hybridized carbons (Fsp3) is 1.00. The third kappa shape index (κ3) is 4.23. The average Bonchev–Trinajstić information content (AvgIpc) is 3.18. The minimum absolute atomic E-state index is 0.171. The van der Waals surface area contributed by atoms with E-state index in [0.717, 1.165) is 38.1 Å². The van der Waals surface area contributed by atoms with E-state index in [4.69, 9.17) is 10.5 Å². The van der Waals surface area contributed by atoms with Crippen molar-refractivity contribution in [2.24, 2.45) is 17.6 Å². The van der Waals surface area contributed by atoms with Gasteiger partial charge in [-0.05, 0) is 45.1 Å². The second-order valence-electron chi connectivity index (χ2n) is 6.29. The van der Waals surface area contributed by atoms with E-state index in [-0.39, 0.29) is 5.54 Å². The molecule has 0 aromatic carbocycles. The third-order valence-corrected chi connectivity index (χ3v) is 4.41. The molecule has 17 heavy (non-hydrogen) atoms. The van der Waals surface area contributed by atoms with Crippen LogP contribution in [-0.4, -0.2) is 43.8 Å². The van der Waals surface area contributed by atoms with Gasteiger partial charge in [-0.1, -0.05) is 12.8 Å². The maximum atomic E-state index is 5.96. The topological polar surface area (TPSA) is 38.5 Å². The van der Waals surface area contributed by atoms with E-state index in [2.05, 4.69) is 18.9 Å². The zero-order valence-corrected chi connectivity index (χ0v) is 11.5. The molecule has 0 heterocycles. The predicted molar refractivity (Wildman–Crippen MR) is 71.0 cm³/mol. The first-order chi connectivity index (χ1) is 8.14. The summed E-state index contributed by atoms with van der Waals surface area (Å²) >= 11 is 0. The van der Waals surface area contributed by atoms with Gasteiger partial charge in [-0.25, -0.2) is 0 Å². The van der Waals surface area contributed by atoms with Gasteiger partial charge in [-0.15, -0.1) is 0 Å². The van der Waals surface area contributed by atoms with Crippen molar-refractivity contribution in [3.05, 3.63) is 0 Å². The van der Waals surface area contributed by atoms with Crippen LogP contribution in [0.2, 0.25) is 0 Å². The van der Waals surface area contributed by atoms with E-state index in [1.54, 1.807) is 0 Å². The van der Waals surface area contributed by atoms with Gasteiger partial charge in [0.05, 0.1) is 6.61 Å². The van der Waals surface area contributed by atoms with E-state index in [1.807, 2.05) is 0 Å². The van der Waals surface area contributed by atoms with Crippen LogP contribution in [0.5, 0.6) is 0 Å². The molecule has 2 N–H and O–H groups in total. The summed E-state index contributed by atoms with van der Waals surface area (Å²) in [6, 6.07) is 0. The van der Waals surface area contributed by atoms with Gasteiger partial charge in [0, 0.05) is 25.2 Å². The summed E-state index contributed by atoms with van der Waals surface area (Å²) in [6.45, 7) is 5.88. The second kappa shape index (κ2) is 5.68. The van der Waals surface area contributed by atoms with Crippen LogP contribution in [0.15, 0.2) is 0 Å². The Morgan fingerprint density at radius 3 is 2.41 bits per heavy atom. The first kappa shape index (κ1) is 13.3. The molecule has 0 aliphatic heterocycles. The normalized spacial score (nSPS) is 24.0. The Kier molecular flexibility index (Phi) is 4.45. The highest BCUT2D eigenvalue weighted by Gasteiger charge is 2.35. The number of hydrogen-bond acceptors (Lipinski definition) is 3. The van der Waals surface area contributed by atoms with Crippen LogP contribution in [0.4, 0.5) is 0 Å². The van der Waals surface area contributed by atoms with Crippen molar-refractivity contribution in [3.63, 3.8) is 0 Å². The average molecular weight is 240 g/mol. The van der Waals surface area contributed by atoms with Gasteiger partial charge in [0.15, 0.2) is 0 Å². The van der Waals surface area contributed by atoms with Gasteiger partial charge in [0.2, 0.25) is 0 Å². The first-order valence-corrected chi connectivity index (χ1v) is 7.13. The summed E-state index contributed by atoms with van der Waals surface area (Å²) in [5.41, 5.74) is 6.13. The summed E-state index contributed by atoms with van der Waals surface area (Å²) in [5.74, 6) is 1.80. The fourth-order valence-corrected chi connectivity index (χ4v) is 2.34. The van der Waals surface area contributed by atoms with Crippen molar-refractivity contribution >= 4 is 0 Å². The number of ether oxygens (including phenoxy) is 1. The minimum atomic E-state index is 0.171. The molecule has 2 aliphatic carbocycles. The lowest BCUT2D eigenvalue weighted by atomic mass is 9.93. The van der Waals surface area contributed by atoms with E-state index < -0.39 is 0 Å². The molecule has 2 aliphatic rings. The van der Waals surface area contributed by atoms with Gasteiger partial charge >= 0.3 is 0 Å². The van der Waals surface area contributed by atoms with Crippen molar-refractivity contribution in [1.82, 2.24) is 4.90 Å². The quantitative estimate of drug-likeness (QED) is 0.625. The zero-order valence-electron chi connectivity index (χ0n) is 11.5. The molecule has 0 aromatic heterocycles. The summed E-state index contributed by atoms with van der Waals surface area (Å²) in [4.78, 5) is 2.40. The molecule has 0 amide bonds. The van der Waals surface area contributed by atoms with Crippen LogP contribution < -0.4 is 5.73 Å². The SMILES string of the molecule is CN(CCOCC1CC1)C(C)(CN)CC1CC1. The molecule has 1 unspecified atom stereocenters. The summed E-state index contributed by atoms with van der Waals surface area (Å²) in [7, 11) is 2.19. The van der Waals surface area contributed by atoms with Crippen molar-refractivity contribution in [2.75, 3.05) is 33.4 Å². The fourth-order valence-electron chi connectivity index (χ4n) is 2.34. The molecule has 1 atom stereocenters. The van der Waals surface area contributed by atoms with E-state index >= 15 is 0 Å². The Balaban J connectivity index is 1.64. The van der Waals surface area contributed by atoms with E-state index in [9.17, 15) is 0 Å².